The van der Waals surface area contributed by atoms with Gasteiger partial charge in [-0.15, -0.1) is 5.10 Å². The minimum Gasteiger partial charge on any atom is -0.507 e. The van der Waals surface area contributed by atoms with Crippen LogP contribution in [0.3, 0.4) is 0 Å². The summed E-state index contributed by atoms with van der Waals surface area (Å²) in [4.78, 5) is 12.4. The third kappa shape index (κ3) is 10.4. The van der Waals surface area contributed by atoms with Crippen molar-refractivity contribution < 1.29 is 29.2 Å². The lowest BCUT2D eigenvalue weighted by atomic mass is 9.73. The number of hydrogen-bond donors (Lipinski definition) is 2. The lowest BCUT2D eigenvalue weighted by Gasteiger charge is -2.33. The third-order valence-corrected chi connectivity index (χ3v) is 8.65. The van der Waals surface area contributed by atoms with Crippen LogP contribution in [0.15, 0.2) is 36.1 Å². The summed E-state index contributed by atoms with van der Waals surface area (Å²) >= 11 is 0. The Balaban J connectivity index is 1.74. The molecule has 0 aliphatic heterocycles. The average molecular weight is 626 g/mol. The number of carboxylic acid groups (broad SMARTS) is 1. The number of unbranched alkanes of at least 4 members (excludes halogenated alkanes) is 2. The second kappa shape index (κ2) is 15.9. The molecule has 3 rings (SSSR count). The van der Waals surface area contributed by atoms with E-state index in [0.717, 1.165) is 43.4 Å². The largest absolute Gasteiger partial charge is 0.507 e. The maximum atomic E-state index is 12.4. The number of rotatable bonds is 18. The van der Waals surface area contributed by atoms with Gasteiger partial charge in [0.1, 0.15) is 23.7 Å². The van der Waals surface area contributed by atoms with Gasteiger partial charge >= 0.3 is 5.97 Å². The van der Waals surface area contributed by atoms with E-state index in [-0.39, 0.29) is 29.8 Å². The molecule has 0 saturated carbocycles. The molecule has 1 aliphatic rings. The van der Waals surface area contributed by atoms with Gasteiger partial charge in [-0.2, -0.15) is 0 Å². The molecule has 2 N–H and O–H groups in total. The zero-order chi connectivity index (χ0) is 33.4. The van der Waals surface area contributed by atoms with Crippen molar-refractivity contribution in [3.05, 3.63) is 58.4 Å². The fourth-order valence-electron chi connectivity index (χ4n) is 6.14. The molecule has 0 spiro atoms. The molecule has 1 aromatic heterocycles. The Bertz CT molecular complexity index is 1340. The summed E-state index contributed by atoms with van der Waals surface area (Å²) < 4.78 is 20.5. The standard InChI is InChI=1S/C36H55N3O6/c1-10-11-12-13-26-21-30(32(33(40)31(26)34(41)42)29-20-25(4)14-15-28(29)24(2)3)43-18-19-45-35(5,6)16-17-44-36(7,8)22-27-23-39(9)38-37-27/h20-21,23,28-29,40H,2,10-19,22H2,1,3-9H3,(H,41,42). The molecular formula is C36H55N3O6. The van der Waals surface area contributed by atoms with E-state index in [9.17, 15) is 15.0 Å². The summed E-state index contributed by atoms with van der Waals surface area (Å²) in [7, 11) is 1.85. The minimum atomic E-state index is -1.12. The number of allylic oxidation sites excluding steroid dienone is 3. The van der Waals surface area contributed by atoms with Crippen LogP contribution in [0.25, 0.3) is 0 Å². The van der Waals surface area contributed by atoms with Crippen molar-refractivity contribution in [3.8, 4) is 11.5 Å². The quantitative estimate of drug-likeness (QED) is 0.129. The Morgan fingerprint density at radius 1 is 1.13 bits per heavy atom. The second-order valence-electron chi connectivity index (χ2n) is 13.8. The zero-order valence-corrected chi connectivity index (χ0v) is 28.7. The van der Waals surface area contributed by atoms with E-state index in [2.05, 4.69) is 36.8 Å². The van der Waals surface area contributed by atoms with Crippen molar-refractivity contribution in [3.63, 3.8) is 0 Å². The predicted octanol–water partition coefficient (Wildman–Crippen LogP) is 7.57. The molecule has 1 aliphatic carbocycles. The average Bonchev–Trinajstić information content (AvgIpc) is 3.33. The number of hydrogen-bond acceptors (Lipinski definition) is 7. The van der Waals surface area contributed by atoms with Gasteiger partial charge in [-0.25, -0.2) is 4.79 Å². The highest BCUT2D eigenvalue weighted by atomic mass is 16.5. The molecule has 0 radical (unpaired) electrons. The number of aryl methyl sites for hydroxylation is 2. The van der Waals surface area contributed by atoms with E-state index < -0.39 is 17.2 Å². The molecule has 0 amide bonds. The lowest BCUT2D eigenvalue weighted by Crippen LogP contribution is -2.33. The van der Waals surface area contributed by atoms with Crippen LogP contribution in [0.2, 0.25) is 0 Å². The van der Waals surface area contributed by atoms with E-state index in [1.807, 2.05) is 53.9 Å². The van der Waals surface area contributed by atoms with Gasteiger partial charge in [0.25, 0.3) is 0 Å². The summed E-state index contributed by atoms with van der Waals surface area (Å²) in [6, 6.07) is 1.83. The van der Waals surface area contributed by atoms with Gasteiger partial charge in [0.2, 0.25) is 0 Å². The van der Waals surface area contributed by atoms with E-state index >= 15 is 0 Å². The highest BCUT2D eigenvalue weighted by Gasteiger charge is 2.34. The number of phenols is 1. The van der Waals surface area contributed by atoms with E-state index in [1.54, 1.807) is 4.68 Å². The molecule has 0 saturated heterocycles. The predicted molar refractivity (Wildman–Crippen MR) is 177 cm³/mol. The summed E-state index contributed by atoms with van der Waals surface area (Å²) in [5.74, 6) is -0.961. The van der Waals surface area contributed by atoms with Gasteiger partial charge in [-0.3, -0.25) is 4.68 Å². The Hall–Kier alpha value is -3.17. The van der Waals surface area contributed by atoms with Crippen molar-refractivity contribution in [1.29, 1.82) is 0 Å². The number of aromatic carboxylic acids is 1. The second-order valence-corrected chi connectivity index (χ2v) is 13.8. The van der Waals surface area contributed by atoms with E-state index in [1.165, 1.54) is 5.57 Å². The molecular weight excluding hydrogens is 570 g/mol. The van der Waals surface area contributed by atoms with Gasteiger partial charge in [0.05, 0.1) is 30.1 Å². The lowest BCUT2D eigenvalue weighted by molar-refractivity contribution is -0.0765. The van der Waals surface area contributed by atoms with Gasteiger partial charge < -0.3 is 24.4 Å². The fourth-order valence-corrected chi connectivity index (χ4v) is 6.14. The van der Waals surface area contributed by atoms with Gasteiger partial charge in [0.15, 0.2) is 0 Å². The first-order valence-electron chi connectivity index (χ1n) is 16.3. The Kier molecular flexibility index (Phi) is 12.8. The van der Waals surface area contributed by atoms with Crippen molar-refractivity contribution in [2.75, 3.05) is 19.8 Å². The van der Waals surface area contributed by atoms with Crippen molar-refractivity contribution in [2.45, 2.75) is 117 Å². The molecule has 0 fully saturated rings. The maximum Gasteiger partial charge on any atom is 0.339 e. The minimum absolute atomic E-state index is 0.0230. The number of benzene rings is 1. The van der Waals surface area contributed by atoms with Crippen LogP contribution in [0.4, 0.5) is 0 Å². The normalized spacial score (nSPS) is 17.3. The monoisotopic (exact) mass is 625 g/mol. The Morgan fingerprint density at radius 3 is 2.47 bits per heavy atom. The first-order valence-corrected chi connectivity index (χ1v) is 16.3. The fraction of sp³-hybridized carbons (Fsp3) is 0.639. The van der Waals surface area contributed by atoms with Crippen molar-refractivity contribution in [1.82, 2.24) is 15.0 Å². The summed E-state index contributed by atoms with van der Waals surface area (Å²) in [6.07, 6.45) is 10.6. The first-order chi connectivity index (χ1) is 21.1. The number of carbonyl (C=O) groups is 1. The van der Waals surface area contributed by atoms with E-state index in [4.69, 9.17) is 14.2 Å². The summed E-state index contributed by atoms with van der Waals surface area (Å²) in [5.41, 5.74) is 3.35. The van der Waals surface area contributed by atoms with Crippen LogP contribution in [0.1, 0.15) is 120 Å². The summed E-state index contributed by atoms with van der Waals surface area (Å²) in [5, 5.41) is 29.9. The van der Waals surface area contributed by atoms with Crippen LogP contribution >= 0.6 is 0 Å². The number of aromatic nitrogens is 3. The molecule has 2 atom stereocenters. The topological polar surface area (TPSA) is 116 Å². The number of nitrogens with zero attached hydrogens (tertiary/aromatic N) is 3. The highest BCUT2D eigenvalue weighted by Crippen LogP contribution is 2.48. The number of carboxylic acids is 1. The van der Waals surface area contributed by atoms with Gasteiger partial charge in [-0.05, 0) is 91.2 Å². The molecule has 9 heteroatoms. The van der Waals surface area contributed by atoms with Gasteiger partial charge in [-0.1, -0.05) is 48.8 Å². The molecule has 1 heterocycles. The first kappa shape index (κ1) is 36.3. The van der Waals surface area contributed by atoms with Crippen LogP contribution in [-0.2, 0) is 29.4 Å². The summed E-state index contributed by atoms with van der Waals surface area (Å²) in [6.45, 7) is 19.7. The number of aromatic hydroxyl groups is 1. The van der Waals surface area contributed by atoms with Crippen LogP contribution in [0, 0.1) is 5.92 Å². The molecule has 0 bridgehead atoms. The maximum absolute atomic E-state index is 12.4. The van der Waals surface area contributed by atoms with Gasteiger partial charge in [0, 0.05) is 31.1 Å². The smallest absolute Gasteiger partial charge is 0.339 e. The molecule has 250 valence electrons. The Labute approximate surface area is 269 Å². The molecule has 2 aromatic rings. The molecule has 2 unspecified atom stereocenters. The number of ether oxygens (including phenoxy) is 3. The SMILES string of the molecule is C=C(C)C1CCC(C)=CC1c1c(OCCOC(C)(C)CCOC(C)(C)Cc2cn(C)nn2)cc(CCCCC)c(C(=O)O)c1O. The van der Waals surface area contributed by atoms with Crippen LogP contribution < -0.4 is 4.74 Å². The third-order valence-electron chi connectivity index (χ3n) is 8.65. The van der Waals surface area contributed by atoms with Crippen molar-refractivity contribution >= 4 is 5.97 Å². The van der Waals surface area contributed by atoms with Crippen LogP contribution in [-0.4, -0.2) is 62.2 Å². The molecule has 1 aromatic carbocycles. The van der Waals surface area contributed by atoms with E-state index in [0.29, 0.717) is 49.4 Å². The van der Waals surface area contributed by atoms with Crippen LogP contribution in [0.5, 0.6) is 11.5 Å². The Morgan fingerprint density at radius 2 is 1.84 bits per heavy atom. The molecule has 9 nitrogen and oxygen atoms in total. The highest BCUT2D eigenvalue weighted by molar-refractivity contribution is 5.94. The zero-order valence-electron chi connectivity index (χ0n) is 28.7. The molecule has 45 heavy (non-hydrogen) atoms. The van der Waals surface area contributed by atoms with Crippen molar-refractivity contribution in [2.24, 2.45) is 13.0 Å².